The molecule has 6 nitrogen and oxygen atoms in total. The Balaban J connectivity index is 2.28. The topological polar surface area (TPSA) is 94.7 Å². The smallest absolute Gasteiger partial charge is 0.246 e. The molecule has 0 bridgehead atoms. The molecule has 2 aromatic carbocycles. The van der Waals surface area contributed by atoms with Gasteiger partial charge in [-0.15, -0.1) is 0 Å². The molecular weight excluding hydrogens is 421 g/mol. The SMILES string of the molecule is COc1cc2c(c(I)c1O)NC(=O)CN=C2c1cccc(C#N)c1. The number of benzene rings is 2. The fraction of sp³-hybridized carbons (Fsp3) is 0.118. The second kappa shape index (κ2) is 6.49. The summed E-state index contributed by atoms with van der Waals surface area (Å²) < 4.78 is 5.69. The van der Waals surface area contributed by atoms with Crippen LogP contribution in [0.5, 0.6) is 11.5 Å². The first kappa shape index (κ1) is 16.3. The quantitative estimate of drug-likeness (QED) is 0.713. The number of anilines is 1. The number of carbonyl (C=O) groups excluding carboxylic acids is 1. The number of ether oxygens (including phenoxy) is 1. The predicted octanol–water partition coefficient (Wildman–Crippen LogP) is 2.67. The number of amides is 1. The van der Waals surface area contributed by atoms with Crippen molar-refractivity contribution in [2.24, 2.45) is 4.99 Å². The summed E-state index contributed by atoms with van der Waals surface area (Å²) in [6.07, 6.45) is 0. The Bertz CT molecular complexity index is 916. The molecule has 0 saturated heterocycles. The van der Waals surface area contributed by atoms with Gasteiger partial charge < -0.3 is 15.2 Å². The van der Waals surface area contributed by atoms with E-state index < -0.39 is 0 Å². The van der Waals surface area contributed by atoms with E-state index in [9.17, 15) is 9.90 Å². The summed E-state index contributed by atoms with van der Waals surface area (Å²) in [5, 5.41) is 22.1. The normalized spacial score (nSPS) is 13.2. The lowest BCUT2D eigenvalue weighted by molar-refractivity contribution is -0.114. The number of rotatable bonds is 2. The first-order valence-corrected chi connectivity index (χ1v) is 8.07. The Kier molecular flexibility index (Phi) is 4.40. The summed E-state index contributed by atoms with van der Waals surface area (Å²) in [5.41, 5.74) is 2.90. The van der Waals surface area contributed by atoms with Gasteiger partial charge >= 0.3 is 0 Å². The number of phenolic OH excluding ortho intramolecular Hbond substituents is 1. The van der Waals surface area contributed by atoms with Crippen LogP contribution in [-0.2, 0) is 4.79 Å². The van der Waals surface area contributed by atoms with E-state index in [2.05, 4.69) is 16.4 Å². The van der Waals surface area contributed by atoms with Gasteiger partial charge in [0.05, 0.1) is 33.7 Å². The van der Waals surface area contributed by atoms with E-state index in [0.29, 0.717) is 31.8 Å². The van der Waals surface area contributed by atoms with Crippen LogP contribution in [-0.4, -0.2) is 30.4 Å². The van der Waals surface area contributed by atoms with Crippen LogP contribution in [0.15, 0.2) is 35.3 Å². The summed E-state index contributed by atoms with van der Waals surface area (Å²) in [5.74, 6) is -0.0206. The standard InChI is InChI=1S/C17H12IN3O3/c1-24-12-6-11-15(10-4-2-3-9(5-10)7-19)20-8-13(22)21-16(11)14(18)17(12)23/h2-6,23H,8H2,1H3,(H,21,22). The zero-order valence-electron chi connectivity index (χ0n) is 12.6. The van der Waals surface area contributed by atoms with Crippen LogP contribution in [0.2, 0.25) is 0 Å². The summed E-state index contributed by atoms with van der Waals surface area (Å²) in [6, 6.07) is 10.7. The molecule has 3 rings (SSSR count). The van der Waals surface area contributed by atoms with E-state index in [1.165, 1.54) is 7.11 Å². The van der Waals surface area contributed by atoms with E-state index in [0.717, 1.165) is 5.56 Å². The van der Waals surface area contributed by atoms with Crippen molar-refractivity contribution in [1.82, 2.24) is 0 Å². The Morgan fingerprint density at radius 1 is 1.42 bits per heavy atom. The molecule has 1 heterocycles. The molecule has 1 aliphatic rings. The monoisotopic (exact) mass is 433 g/mol. The minimum absolute atomic E-state index is 0.0378. The molecule has 1 amide bonds. The lowest BCUT2D eigenvalue weighted by atomic mass is 9.98. The Morgan fingerprint density at radius 3 is 2.92 bits per heavy atom. The summed E-state index contributed by atoms with van der Waals surface area (Å²) in [7, 11) is 1.46. The van der Waals surface area contributed by atoms with Crippen molar-refractivity contribution in [1.29, 1.82) is 5.26 Å². The number of carbonyl (C=O) groups is 1. The number of fused-ring (bicyclic) bond motifs is 1. The third-order valence-corrected chi connectivity index (χ3v) is 4.64. The second-order valence-corrected chi connectivity index (χ2v) is 6.15. The second-order valence-electron chi connectivity index (χ2n) is 5.07. The molecule has 0 fully saturated rings. The first-order valence-electron chi connectivity index (χ1n) is 6.99. The predicted molar refractivity (Wildman–Crippen MR) is 97.7 cm³/mol. The highest BCUT2D eigenvalue weighted by Gasteiger charge is 2.24. The van der Waals surface area contributed by atoms with E-state index in [4.69, 9.17) is 10.00 Å². The van der Waals surface area contributed by atoms with E-state index in [-0.39, 0.29) is 18.2 Å². The average Bonchev–Trinajstić information content (AvgIpc) is 2.77. The largest absolute Gasteiger partial charge is 0.503 e. The van der Waals surface area contributed by atoms with Crippen LogP contribution in [0.4, 0.5) is 5.69 Å². The number of halogens is 1. The van der Waals surface area contributed by atoms with E-state index >= 15 is 0 Å². The van der Waals surface area contributed by atoms with Gasteiger partial charge in [0.1, 0.15) is 6.54 Å². The number of methoxy groups -OCH3 is 1. The summed E-state index contributed by atoms with van der Waals surface area (Å²) >= 11 is 1.96. The van der Waals surface area contributed by atoms with Gasteiger partial charge in [0.15, 0.2) is 11.5 Å². The molecule has 0 radical (unpaired) electrons. The first-order chi connectivity index (χ1) is 11.5. The molecule has 2 N–H and O–H groups in total. The summed E-state index contributed by atoms with van der Waals surface area (Å²) in [4.78, 5) is 16.4. The van der Waals surface area contributed by atoms with Crippen molar-refractivity contribution in [3.05, 3.63) is 50.6 Å². The highest BCUT2D eigenvalue weighted by molar-refractivity contribution is 14.1. The van der Waals surface area contributed by atoms with Gasteiger partial charge in [-0.25, -0.2) is 0 Å². The molecule has 120 valence electrons. The molecule has 24 heavy (non-hydrogen) atoms. The van der Waals surface area contributed by atoms with Crippen molar-refractivity contribution >= 4 is 39.9 Å². The van der Waals surface area contributed by atoms with Crippen LogP contribution in [0.25, 0.3) is 0 Å². The Hall–Kier alpha value is -2.60. The van der Waals surface area contributed by atoms with Crippen LogP contribution >= 0.6 is 22.6 Å². The molecule has 0 aliphatic carbocycles. The lowest BCUT2D eigenvalue weighted by Crippen LogP contribution is -2.14. The average molecular weight is 433 g/mol. The molecule has 0 saturated carbocycles. The number of nitriles is 1. The van der Waals surface area contributed by atoms with Crippen molar-refractivity contribution in [3.63, 3.8) is 0 Å². The Labute approximate surface area is 151 Å². The van der Waals surface area contributed by atoms with Gasteiger partial charge in [-0.3, -0.25) is 9.79 Å². The molecule has 0 unspecified atom stereocenters. The molecule has 0 atom stereocenters. The van der Waals surface area contributed by atoms with Gasteiger partial charge in [-0.1, -0.05) is 12.1 Å². The van der Waals surface area contributed by atoms with Crippen molar-refractivity contribution in [3.8, 4) is 17.6 Å². The van der Waals surface area contributed by atoms with Gasteiger partial charge in [0.2, 0.25) is 5.91 Å². The van der Waals surface area contributed by atoms with Gasteiger partial charge in [0, 0.05) is 11.1 Å². The maximum Gasteiger partial charge on any atom is 0.246 e. The highest BCUT2D eigenvalue weighted by Crippen LogP contribution is 2.40. The van der Waals surface area contributed by atoms with Gasteiger partial charge in [-0.2, -0.15) is 5.26 Å². The molecular formula is C17H12IN3O3. The number of aliphatic imine (C=N–C) groups is 1. The fourth-order valence-corrected chi connectivity index (χ4v) is 3.17. The van der Waals surface area contributed by atoms with Crippen LogP contribution < -0.4 is 10.1 Å². The number of nitrogens with zero attached hydrogens (tertiary/aromatic N) is 2. The number of nitrogens with one attached hydrogen (secondary N) is 1. The summed E-state index contributed by atoms with van der Waals surface area (Å²) in [6.45, 7) is -0.0417. The zero-order valence-corrected chi connectivity index (χ0v) is 14.8. The number of hydrogen-bond donors (Lipinski definition) is 2. The minimum Gasteiger partial charge on any atom is -0.503 e. The van der Waals surface area contributed by atoms with E-state index in [1.54, 1.807) is 24.3 Å². The zero-order chi connectivity index (χ0) is 17.3. The van der Waals surface area contributed by atoms with Crippen molar-refractivity contribution < 1.29 is 14.6 Å². The molecule has 0 aromatic heterocycles. The third-order valence-electron chi connectivity index (χ3n) is 3.59. The molecule has 0 spiro atoms. The number of aromatic hydroxyl groups is 1. The number of hydrogen-bond acceptors (Lipinski definition) is 5. The van der Waals surface area contributed by atoms with Gasteiger partial charge in [-0.05, 0) is 40.8 Å². The van der Waals surface area contributed by atoms with Crippen molar-refractivity contribution in [2.45, 2.75) is 0 Å². The minimum atomic E-state index is -0.273. The number of benzodiazepines with no additional fused rings is 1. The molecule has 1 aliphatic heterocycles. The van der Waals surface area contributed by atoms with Crippen LogP contribution in [0, 0.1) is 14.9 Å². The van der Waals surface area contributed by atoms with Gasteiger partial charge in [0.25, 0.3) is 0 Å². The lowest BCUT2D eigenvalue weighted by Gasteiger charge is -2.15. The fourth-order valence-electron chi connectivity index (χ4n) is 2.48. The van der Waals surface area contributed by atoms with Crippen LogP contribution in [0.1, 0.15) is 16.7 Å². The molecule has 7 heteroatoms. The number of phenols is 1. The molecule has 2 aromatic rings. The maximum atomic E-state index is 12.0. The Morgan fingerprint density at radius 2 is 2.21 bits per heavy atom. The maximum absolute atomic E-state index is 12.0. The third kappa shape index (κ3) is 2.80. The highest BCUT2D eigenvalue weighted by atomic mass is 127. The van der Waals surface area contributed by atoms with E-state index in [1.807, 2.05) is 28.7 Å². The van der Waals surface area contributed by atoms with Crippen LogP contribution in [0.3, 0.4) is 0 Å². The van der Waals surface area contributed by atoms with Crippen molar-refractivity contribution in [2.75, 3.05) is 19.0 Å².